The number of hydrogen-bond acceptors (Lipinski definition) is 3. The van der Waals surface area contributed by atoms with E-state index in [1.807, 2.05) is 55.5 Å². The van der Waals surface area contributed by atoms with Crippen molar-refractivity contribution >= 4 is 11.7 Å². The molecule has 0 bridgehead atoms. The largest absolute Gasteiger partial charge is 0.481 e. The van der Waals surface area contributed by atoms with Gasteiger partial charge in [-0.25, -0.2) is 0 Å². The predicted octanol–water partition coefficient (Wildman–Crippen LogP) is 3.12. The molecule has 0 aliphatic rings. The minimum absolute atomic E-state index is 0.0259. The third kappa shape index (κ3) is 3.57. The van der Waals surface area contributed by atoms with E-state index in [1.54, 1.807) is 6.20 Å². The Hall–Kier alpha value is -2.36. The van der Waals surface area contributed by atoms with Crippen LogP contribution in [-0.4, -0.2) is 22.6 Å². The summed E-state index contributed by atoms with van der Waals surface area (Å²) < 4.78 is 0. The van der Waals surface area contributed by atoms with Crippen LogP contribution in [0.5, 0.6) is 0 Å². The molecule has 0 aliphatic heterocycles. The molecule has 4 heteroatoms. The maximum Gasteiger partial charge on any atom is 0.305 e. The van der Waals surface area contributed by atoms with Crippen molar-refractivity contribution in [3.8, 4) is 0 Å². The average Bonchev–Trinajstić information content (AvgIpc) is 2.49. The lowest BCUT2D eigenvalue weighted by Gasteiger charge is -2.30. The summed E-state index contributed by atoms with van der Waals surface area (Å²) in [5.74, 6) is -0.792. The quantitative estimate of drug-likeness (QED) is 0.876. The number of pyridine rings is 1. The molecule has 0 spiro atoms. The second kappa shape index (κ2) is 6.70. The van der Waals surface area contributed by atoms with Crippen molar-refractivity contribution in [3.63, 3.8) is 0 Å². The Balaban J connectivity index is 2.24. The van der Waals surface area contributed by atoms with Crippen LogP contribution in [0.3, 0.4) is 0 Å². The molecule has 1 unspecified atom stereocenters. The lowest BCUT2D eigenvalue weighted by molar-refractivity contribution is -0.136. The van der Waals surface area contributed by atoms with Gasteiger partial charge in [-0.3, -0.25) is 9.78 Å². The van der Waals surface area contributed by atoms with Crippen molar-refractivity contribution in [1.82, 2.24) is 4.98 Å². The Labute approximate surface area is 118 Å². The first kappa shape index (κ1) is 14.1. The predicted molar refractivity (Wildman–Crippen MR) is 78.7 cm³/mol. The van der Waals surface area contributed by atoms with Gasteiger partial charge in [-0.1, -0.05) is 24.3 Å². The number of anilines is 1. The van der Waals surface area contributed by atoms with Gasteiger partial charge >= 0.3 is 5.97 Å². The highest BCUT2D eigenvalue weighted by atomic mass is 16.4. The second-order valence-electron chi connectivity index (χ2n) is 4.60. The van der Waals surface area contributed by atoms with Gasteiger partial charge in [-0.2, -0.15) is 0 Å². The zero-order valence-electron chi connectivity index (χ0n) is 11.4. The molecule has 0 saturated heterocycles. The van der Waals surface area contributed by atoms with Crippen molar-refractivity contribution in [2.75, 3.05) is 11.4 Å². The fourth-order valence-corrected chi connectivity index (χ4v) is 2.16. The number of rotatable bonds is 6. The van der Waals surface area contributed by atoms with Crippen LogP contribution in [0.2, 0.25) is 0 Å². The SMILES string of the molecule is CC(c1ccccn1)N(CCC(=O)O)c1ccccc1. The summed E-state index contributed by atoms with van der Waals surface area (Å²) in [6, 6.07) is 15.6. The number of aliphatic carboxylic acids is 1. The van der Waals surface area contributed by atoms with Crippen LogP contribution in [0.15, 0.2) is 54.7 Å². The van der Waals surface area contributed by atoms with Gasteiger partial charge in [-0.05, 0) is 31.2 Å². The molecular weight excluding hydrogens is 252 g/mol. The van der Waals surface area contributed by atoms with E-state index in [0.717, 1.165) is 11.4 Å². The first-order valence-corrected chi connectivity index (χ1v) is 6.63. The van der Waals surface area contributed by atoms with Gasteiger partial charge < -0.3 is 10.0 Å². The van der Waals surface area contributed by atoms with Gasteiger partial charge in [0.25, 0.3) is 0 Å². The van der Waals surface area contributed by atoms with Crippen LogP contribution in [0.25, 0.3) is 0 Å². The smallest absolute Gasteiger partial charge is 0.305 e. The fourth-order valence-electron chi connectivity index (χ4n) is 2.16. The summed E-state index contributed by atoms with van der Waals surface area (Å²) in [5.41, 5.74) is 1.94. The molecule has 20 heavy (non-hydrogen) atoms. The van der Waals surface area contributed by atoms with E-state index in [0.29, 0.717) is 6.54 Å². The van der Waals surface area contributed by atoms with Gasteiger partial charge in [0.1, 0.15) is 0 Å². The molecule has 0 aliphatic carbocycles. The highest BCUT2D eigenvalue weighted by Gasteiger charge is 2.18. The molecule has 1 aromatic heterocycles. The molecule has 1 heterocycles. The van der Waals surface area contributed by atoms with Crippen LogP contribution in [-0.2, 0) is 4.79 Å². The van der Waals surface area contributed by atoms with E-state index in [1.165, 1.54) is 0 Å². The van der Waals surface area contributed by atoms with Gasteiger partial charge in [0, 0.05) is 18.4 Å². The van der Waals surface area contributed by atoms with E-state index in [9.17, 15) is 4.79 Å². The van der Waals surface area contributed by atoms with Gasteiger partial charge in [-0.15, -0.1) is 0 Å². The Morgan fingerprint density at radius 1 is 1.20 bits per heavy atom. The summed E-state index contributed by atoms with van der Waals surface area (Å²) in [6.45, 7) is 2.49. The normalized spacial score (nSPS) is 11.8. The number of aromatic nitrogens is 1. The van der Waals surface area contributed by atoms with Crippen LogP contribution in [0, 0.1) is 0 Å². The van der Waals surface area contributed by atoms with Gasteiger partial charge in [0.05, 0.1) is 18.2 Å². The monoisotopic (exact) mass is 270 g/mol. The average molecular weight is 270 g/mol. The molecule has 1 N–H and O–H groups in total. The van der Waals surface area contributed by atoms with E-state index >= 15 is 0 Å². The standard InChI is InChI=1S/C16H18N2O2/c1-13(15-9-5-6-11-17-15)18(12-10-16(19)20)14-7-3-2-4-8-14/h2-9,11,13H,10,12H2,1H3,(H,19,20). The van der Waals surface area contributed by atoms with Crippen LogP contribution in [0.4, 0.5) is 5.69 Å². The number of hydrogen-bond donors (Lipinski definition) is 1. The zero-order chi connectivity index (χ0) is 14.4. The van der Waals surface area contributed by atoms with Crippen LogP contribution in [0.1, 0.15) is 25.1 Å². The van der Waals surface area contributed by atoms with E-state index in [-0.39, 0.29) is 12.5 Å². The van der Waals surface area contributed by atoms with E-state index in [4.69, 9.17) is 5.11 Å². The lowest BCUT2D eigenvalue weighted by Crippen LogP contribution is -2.29. The number of nitrogens with zero attached hydrogens (tertiary/aromatic N) is 2. The Morgan fingerprint density at radius 3 is 2.50 bits per heavy atom. The zero-order valence-corrected chi connectivity index (χ0v) is 11.4. The molecule has 0 radical (unpaired) electrons. The molecule has 2 aromatic rings. The third-order valence-electron chi connectivity index (χ3n) is 3.24. The van der Waals surface area contributed by atoms with E-state index in [2.05, 4.69) is 9.88 Å². The fraction of sp³-hybridized carbons (Fsp3) is 0.250. The summed E-state index contributed by atoms with van der Waals surface area (Å²) in [7, 11) is 0. The number of carbonyl (C=O) groups is 1. The molecule has 1 atom stereocenters. The first-order chi connectivity index (χ1) is 9.68. The summed E-state index contributed by atoms with van der Waals surface area (Å²) in [5, 5.41) is 8.92. The van der Waals surface area contributed by atoms with Crippen molar-refractivity contribution in [1.29, 1.82) is 0 Å². The molecule has 104 valence electrons. The maximum absolute atomic E-state index is 10.9. The highest BCUT2D eigenvalue weighted by Crippen LogP contribution is 2.25. The summed E-state index contributed by atoms with van der Waals surface area (Å²) in [6.07, 6.45) is 1.86. The molecule has 2 rings (SSSR count). The van der Waals surface area contributed by atoms with Gasteiger partial charge in [0.2, 0.25) is 0 Å². The molecule has 1 aromatic carbocycles. The maximum atomic E-state index is 10.9. The minimum atomic E-state index is -0.792. The van der Waals surface area contributed by atoms with Crippen molar-refractivity contribution in [3.05, 3.63) is 60.4 Å². The van der Waals surface area contributed by atoms with E-state index < -0.39 is 5.97 Å². The van der Waals surface area contributed by atoms with Crippen LogP contribution < -0.4 is 4.90 Å². The van der Waals surface area contributed by atoms with Gasteiger partial charge in [0.15, 0.2) is 0 Å². The van der Waals surface area contributed by atoms with Crippen molar-refractivity contribution in [2.45, 2.75) is 19.4 Å². The number of para-hydroxylation sites is 1. The van der Waals surface area contributed by atoms with Crippen molar-refractivity contribution in [2.24, 2.45) is 0 Å². The molecule has 0 saturated carbocycles. The molecular formula is C16H18N2O2. The molecule has 0 fully saturated rings. The Morgan fingerprint density at radius 2 is 1.90 bits per heavy atom. The summed E-state index contributed by atoms with van der Waals surface area (Å²) >= 11 is 0. The number of carboxylic acid groups (broad SMARTS) is 1. The number of benzene rings is 1. The van der Waals surface area contributed by atoms with Crippen molar-refractivity contribution < 1.29 is 9.90 Å². The van der Waals surface area contributed by atoms with Crippen LogP contribution >= 0.6 is 0 Å². The topological polar surface area (TPSA) is 53.4 Å². The Kier molecular flexibility index (Phi) is 4.71. The molecule has 4 nitrogen and oxygen atoms in total. The minimum Gasteiger partial charge on any atom is -0.481 e. The number of carboxylic acids is 1. The third-order valence-corrected chi connectivity index (χ3v) is 3.24. The molecule has 0 amide bonds. The summed E-state index contributed by atoms with van der Waals surface area (Å²) in [4.78, 5) is 17.3. The second-order valence-corrected chi connectivity index (χ2v) is 4.60. The lowest BCUT2D eigenvalue weighted by atomic mass is 10.1. The Bertz CT molecular complexity index is 543. The highest BCUT2D eigenvalue weighted by molar-refractivity contribution is 5.67. The first-order valence-electron chi connectivity index (χ1n) is 6.63.